The first kappa shape index (κ1) is 17.2. The van der Waals surface area contributed by atoms with Gasteiger partial charge in [0.05, 0.1) is 25.5 Å². The second-order valence-electron chi connectivity index (χ2n) is 6.55. The quantitative estimate of drug-likeness (QED) is 0.587. The molecule has 3 rings (SSSR count). The lowest BCUT2D eigenvalue weighted by atomic mass is 9.92. The van der Waals surface area contributed by atoms with Crippen molar-refractivity contribution in [2.45, 2.75) is 51.7 Å². The molecular formula is C19H27NO4. The molecule has 2 aliphatic rings. The summed E-state index contributed by atoms with van der Waals surface area (Å²) in [7, 11) is 0. The van der Waals surface area contributed by atoms with E-state index in [0.29, 0.717) is 26.4 Å². The summed E-state index contributed by atoms with van der Waals surface area (Å²) < 4.78 is 17.2. The first-order chi connectivity index (χ1) is 11.7. The molecule has 1 aromatic rings. The third-order valence-electron chi connectivity index (χ3n) is 4.72. The third-order valence-corrected chi connectivity index (χ3v) is 4.72. The van der Waals surface area contributed by atoms with E-state index in [4.69, 9.17) is 19.0 Å². The number of ether oxygens (including phenoxy) is 3. The predicted molar refractivity (Wildman–Crippen MR) is 92.5 cm³/mol. The van der Waals surface area contributed by atoms with Gasteiger partial charge in [-0.2, -0.15) is 0 Å². The van der Waals surface area contributed by atoms with Crippen LogP contribution in [0.4, 0.5) is 0 Å². The second-order valence-corrected chi connectivity index (χ2v) is 6.55. The smallest absolute Gasteiger partial charge is 0.169 e. The molecule has 0 amide bonds. The molecule has 1 saturated heterocycles. The van der Waals surface area contributed by atoms with Gasteiger partial charge in [0, 0.05) is 19.3 Å². The molecule has 2 fully saturated rings. The van der Waals surface area contributed by atoms with Gasteiger partial charge < -0.3 is 19.0 Å². The molecule has 132 valence electrons. The normalized spacial score (nSPS) is 19.5. The topological polar surface area (TPSA) is 49.3 Å². The van der Waals surface area contributed by atoms with Crippen LogP contribution in [0.25, 0.3) is 0 Å². The van der Waals surface area contributed by atoms with Gasteiger partial charge in [-0.3, -0.25) is 0 Å². The highest BCUT2D eigenvalue weighted by Crippen LogP contribution is 2.34. The summed E-state index contributed by atoms with van der Waals surface area (Å²) in [4.78, 5) is 5.43. The fraction of sp³-hybridized carbons (Fsp3) is 0.632. The van der Waals surface area contributed by atoms with Crippen LogP contribution >= 0.6 is 0 Å². The van der Waals surface area contributed by atoms with Crippen LogP contribution in [0.3, 0.4) is 0 Å². The highest BCUT2D eigenvalue weighted by Gasteiger charge is 2.39. The molecule has 0 unspecified atom stereocenters. The molecule has 1 aromatic carbocycles. The van der Waals surface area contributed by atoms with E-state index in [1.807, 2.05) is 6.07 Å². The molecule has 1 heterocycles. The van der Waals surface area contributed by atoms with Crippen LogP contribution in [-0.2, 0) is 14.3 Å². The molecular weight excluding hydrogens is 306 g/mol. The van der Waals surface area contributed by atoms with Gasteiger partial charge in [-0.05, 0) is 49.9 Å². The fourth-order valence-electron chi connectivity index (χ4n) is 3.05. The summed E-state index contributed by atoms with van der Waals surface area (Å²) in [5.41, 5.74) is 3.64. The number of hydrogen-bond donors (Lipinski definition) is 0. The van der Waals surface area contributed by atoms with Crippen molar-refractivity contribution >= 4 is 5.71 Å². The molecule has 0 radical (unpaired) electrons. The summed E-state index contributed by atoms with van der Waals surface area (Å²) in [6, 6.07) is 6.16. The summed E-state index contributed by atoms with van der Waals surface area (Å²) >= 11 is 0. The number of hydrogen-bond acceptors (Lipinski definition) is 5. The number of nitrogens with zero attached hydrogens (tertiary/aromatic N) is 1. The maximum Gasteiger partial charge on any atom is 0.169 e. The van der Waals surface area contributed by atoms with Crippen molar-refractivity contribution in [2.24, 2.45) is 5.16 Å². The van der Waals surface area contributed by atoms with Gasteiger partial charge in [0.25, 0.3) is 0 Å². The highest BCUT2D eigenvalue weighted by atomic mass is 16.7. The fourth-order valence-corrected chi connectivity index (χ4v) is 3.05. The Balaban J connectivity index is 1.30. The Morgan fingerprint density at radius 3 is 2.50 bits per heavy atom. The Kier molecular flexibility index (Phi) is 5.74. The standard InChI is InChI=1S/C19H27NO4/c1-15-4-5-18(14-16(15)2)21-10-3-11-24-20-17-6-8-19(9-7-17)22-12-13-23-19/h4-5,14H,3,6-13H2,1-2H3. The van der Waals surface area contributed by atoms with Gasteiger partial charge in [-0.25, -0.2) is 0 Å². The Morgan fingerprint density at radius 2 is 1.79 bits per heavy atom. The van der Waals surface area contributed by atoms with Crippen molar-refractivity contribution in [2.75, 3.05) is 26.4 Å². The maximum absolute atomic E-state index is 5.74. The monoisotopic (exact) mass is 333 g/mol. The summed E-state index contributed by atoms with van der Waals surface area (Å²) in [6.07, 6.45) is 4.36. The van der Waals surface area contributed by atoms with Crippen molar-refractivity contribution in [3.8, 4) is 5.75 Å². The Morgan fingerprint density at radius 1 is 1.04 bits per heavy atom. The summed E-state index contributed by atoms with van der Waals surface area (Å²) in [6.45, 7) is 6.83. The van der Waals surface area contributed by atoms with E-state index in [0.717, 1.165) is 43.6 Å². The van der Waals surface area contributed by atoms with Crippen LogP contribution in [0.2, 0.25) is 0 Å². The predicted octanol–water partition coefficient (Wildman–Crippen LogP) is 3.76. The van der Waals surface area contributed by atoms with E-state index < -0.39 is 0 Å². The molecule has 5 nitrogen and oxygen atoms in total. The number of benzene rings is 1. The van der Waals surface area contributed by atoms with Gasteiger partial charge in [0.1, 0.15) is 12.4 Å². The summed E-state index contributed by atoms with van der Waals surface area (Å²) in [5, 5.41) is 4.26. The molecule has 1 spiro atoms. The second kappa shape index (κ2) is 7.99. The first-order valence-electron chi connectivity index (χ1n) is 8.83. The molecule has 1 aliphatic carbocycles. The van der Waals surface area contributed by atoms with E-state index in [1.54, 1.807) is 0 Å². The largest absolute Gasteiger partial charge is 0.493 e. The van der Waals surface area contributed by atoms with Crippen LogP contribution < -0.4 is 4.74 Å². The Bertz CT molecular complexity index is 567. The SMILES string of the molecule is Cc1ccc(OCCCON=C2CCC3(CC2)OCCO3)cc1C. The van der Waals surface area contributed by atoms with E-state index >= 15 is 0 Å². The molecule has 1 saturated carbocycles. The molecule has 24 heavy (non-hydrogen) atoms. The van der Waals surface area contributed by atoms with Gasteiger partial charge >= 0.3 is 0 Å². The molecule has 0 aromatic heterocycles. The lowest BCUT2D eigenvalue weighted by molar-refractivity contribution is -0.168. The van der Waals surface area contributed by atoms with Crippen molar-refractivity contribution in [1.82, 2.24) is 0 Å². The molecule has 0 N–H and O–H groups in total. The minimum atomic E-state index is -0.334. The van der Waals surface area contributed by atoms with Crippen LogP contribution in [0.15, 0.2) is 23.4 Å². The number of aryl methyl sites for hydroxylation is 2. The average Bonchev–Trinajstić information content (AvgIpc) is 3.04. The van der Waals surface area contributed by atoms with Gasteiger partial charge in [0.15, 0.2) is 5.79 Å². The zero-order valence-corrected chi connectivity index (χ0v) is 14.7. The Labute approximate surface area is 143 Å². The van der Waals surface area contributed by atoms with E-state index in [-0.39, 0.29) is 5.79 Å². The van der Waals surface area contributed by atoms with Crippen LogP contribution in [0.5, 0.6) is 5.75 Å². The van der Waals surface area contributed by atoms with Crippen LogP contribution in [-0.4, -0.2) is 37.9 Å². The lowest BCUT2D eigenvalue weighted by Gasteiger charge is -2.31. The van der Waals surface area contributed by atoms with Crippen molar-refractivity contribution < 1.29 is 19.0 Å². The van der Waals surface area contributed by atoms with Crippen molar-refractivity contribution in [3.63, 3.8) is 0 Å². The summed E-state index contributed by atoms with van der Waals surface area (Å²) in [5.74, 6) is 0.581. The van der Waals surface area contributed by atoms with Gasteiger partial charge in [0.2, 0.25) is 0 Å². The zero-order valence-electron chi connectivity index (χ0n) is 14.7. The van der Waals surface area contributed by atoms with Gasteiger partial charge in [-0.1, -0.05) is 11.2 Å². The molecule has 5 heteroatoms. The number of oxime groups is 1. The molecule has 0 bridgehead atoms. The molecule has 1 aliphatic heterocycles. The number of rotatable bonds is 6. The first-order valence-corrected chi connectivity index (χ1v) is 8.83. The molecule has 0 atom stereocenters. The minimum Gasteiger partial charge on any atom is -0.493 e. The van der Waals surface area contributed by atoms with Crippen molar-refractivity contribution in [1.29, 1.82) is 0 Å². The lowest BCUT2D eigenvalue weighted by Crippen LogP contribution is -2.35. The van der Waals surface area contributed by atoms with Crippen molar-refractivity contribution in [3.05, 3.63) is 29.3 Å². The van der Waals surface area contributed by atoms with Crippen LogP contribution in [0, 0.1) is 13.8 Å². The Hall–Kier alpha value is -1.59. The minimum absolute atomic E-state index is 0.334. The van der Waals surface area contributed by atoms with E-state index in [1.165, 1.54) is 11.1 Å². The highest BCUT2D eigenvalue weighted by molar-refractivity contribution is 5.84. The maximum atomic E-state index is 5.74. The van der Waals surface area contributed by atoms with E-state index in [9.17, 15) is 0 Å². The average molecular weight is 333 g/mol. The van der Waals surface area contributed by atoms with Crippen LogP contribution in [0.1, 0.15) is 43.2 Å². The third kappa shape index (κ3) is 4.48. The van der Waals surface area contributed by atoms with E-state index in [2.05, 4.69) is 31.1 Å². The van der Waals surface area contributed by atoms with Gasteiger partial charge in [-0.15, -0.1) is 0 Å². The zero-order chi connectivity index (χ0) is 16.8.